The van der Waals surface area contributed by atoms with E-state index in [9.17, 15) is 9.59 Å². The average molecular weight is 326 g/mol. The summed E-state index contributed by atoms with van der Waals surface area (Å²) >= 11 is 0. The Kier molecular flexibility index (Phi) is 6.09. The van der Waals surface area contributed by atoms with Crippen molar-refractivity contribution >= 4 is 17.5 Å². The molecular weight excluding hydrogens is 302 g/mol. The first-order valence-corrected chi connectivity index (χ1v) is 7.97. The second-order valence-corrected chi connectivity index (χ2v) is 6.00. The molecule has 2 aromatic carbocycles. The highest BCUT2D eigenvalue weighted by atomic mass is 16.2. The van der Waals surface area contributed by atoms with Crippen molar-refractivity contribution in [3.8, 4) is 0 Å². The zero-order valence-electron chi connectivity index (χ0n) is 14.3. The highest BCUT2D eigenvalue weighted by Gasteiger charge is 2.12. The molecule has 0 fully saturated rings. The summed E-state index contributed by atoms with van der Waals surface area (Å²) in [5.74, 6) is -0.248. The maximum atomic E-state index is 12.2. The lowest BCUT2D eigenvalue weighted by Crippen LogP contribution is -3.08. The van der Waals surface area contributed by atoms with Gasteiger partial charge in [0.2, 0.25) is 0 Å². The Hall–Kier alpha value is -2.66. The van der Waals surface area contributed by atoms with Crippen LogP contribution in [0.2, 0.25) is 0 Å². The van der Waals surface area contributed by atoms with E-state index in [1.54, 1.807) is 31.3 Å². The van der Waals surface area contributed by atoms with E-state index in [0.29, 0.717) is 17.8 Å². The van der Waals surface area contributed by atoms with Crippen LogP contribution in [0.5, 0.6) is 0 Å². The minimum absolute atomic E-state index is 0.0753. The third kappa shape index (κ3) is 5.21. The van der Waals surface area contributed by atoms with E-state index in [4.69, 9.17) is 0 Å². The third-order valence-electron chi connectivity index (χ3n) is 3.72. The van der Waals surface area contributed by atoms with E-state index in [1.165, 1.54) is 11.1 Å². The van der Waals surface area contributed by atoms with Gasteiger partial charge in [-0.1, -0.05) is 35.9 Å². The van der Waals surface area contributed by atoms with Gasteiger partial charge in [0.1, 0.15) is 6.54 Å². The summed E-state index contributed by atoms with van der Waals surface area (Å²) in [6.45, 7) is 3.20. The molecule has 0 aliphatic heterocycles. The molecular formula is C19H24N3O2+. The molecule has 5 heteroatoms. The molecule has 3 N–H and O–H groups in total. The molecule has 2 amide bonds. The Morgan fingerprint density at radius 3 is 2.46 bits per heavy atom. The van der Waals surface area contributed by atoms with Crippen LogP contribution in [0.25, 0.3) is 0 Å². The zero-order chi connectivity index (χ0) is 17.5. The van der Waals surface area contributed by atoms with Crippen LogP contribution < -0.4 is 15.5 Å². The number of likely N-dealkylation sites (N-methyl/N-ethyl adjacent to an activating group) is 1. The lowest BCUT2D eigenvalue weighted by atomic mass is 10.1. The Bertz CT molecular complexity index is 711. The average Bonchev–Trinajstić information content (AvgIpc) is 2.56. The van der Waals surface area contributed by atoms with Crippen molar-refractivity contribution in [2.45, 2.75) is 13.5 Å². The number of carbonyl (C=O) groups excluding carboxylic acids is 2. The zero-order valence-corrected chi connectivity index (χ0v) is 14.3. The lowest BCUT2D eigenvalue weighted by molar-refractivity contribution is -0.885. The maximum absolute atomic E-state index is 12.2. The molecule has 0 bridgehead atoms. The van der Waals surface area contributed by atoms with Crippen LogP contribution in [-0.2, 0) is 11.3 Å². The van der Waals surface area contributed by atoms with Crippen molar-refractivity contribution in [3.05, 3.63) is 65.2 Å². The molecule has 126 valence electrons. The smallest absolute Gasteiger partial charge is 0.279 e. The minimum atomic E-state index is -0.173. The normalized spacial score (nSPS) is 11.6. The summed E-state index contributed by atoms with van der Waals surface area (Å²) in [6.07, 6.45) is 0. The molecule has 0 aromatic heterocycles. The molecule has 0 heterocycles. The molecule has 2 rings (SSSR count). The Balaban J connectivity index is 1.90. The van der Waals surface area contributed by atoms with Crippen LogP contribution in [0.15, 0.2) is 48.5 Å². The van der Waals surface area contributed by atoms with Gasteiger partial charge >= 0.3 is 0 Å². The van der Waals surface area contributed by atoms with Crippen LogP contribution in [0.3, 0.4) is 0 Å². The van der Waals surface area contributed by atoms with Crippen molar-refractivity contribution in [2.75, 3.05) is 26.0 Å². The van der Waals surface area contributed by atoms with E-state index in [0.717, 1.165) is 11.4 Å². The number of benzene rings is 2. The quantitative estimate of drug-likeness (QED) is 0.742. The van der Waals surface area contributed by atoms with Crippen molar-refractivity contribution in [1.29, 1.82) is 0 Å². The monoisotopic (exact) mass is 326 g/mol. The second kappa shape index (κ2) is 8.26. The Labute approximate surface area is 142 Å². The van der Waals surface area contributed by atoms with Crippen LogP contribution in [0.4, 0.5) is 5.69 Å². The summed E-state index contributed by atoms with van der Waals surface area (Å²) in [5.41, 5.74) is 3.58. The first-order chi connectivity index (χ1) is 11.5. The predicted molar refractivity (Wildman–Crippen MR) is 95.1 cm³/mol. The second-order valence-electron chi connectivity index (χ2n) is 6.00. The van der Waals surface area contributed by atoms with Gasteiger partial charge in [0.25, 0.3) is 11.8 Å². The van der Waals surface area contributed by atoms with Gasteiger partial charge in [0, 0.05) is 23.9 Å². The predicted octanol–water partition coefficient (Wildman–Crippen LogP) is 1.01. The molecule has 0 radical (unpaired) electrons. The number of amides is 2. The highest BCUT2D eigenvalue weighted by molar-refractivity contribution is 5.97. The number of rotatable bonds is 6. The van der Waals surface area contributed by atoms with Gasteiger partial charge in [-0.25, -0.2) is 0 Å². The minimum Gasteiger partial charge on any atom is -0.355 e. The molecule has 24 heavy (non-hydrogen) atoms. The van der Waals surface area contributed by atoms with Crippen molar-refractivity contribution in [1.82, 2.24) is 5.32 Å². The van der Waals surface area contributed by atoms with Gasteiger partial charge in [0.15, 0.2) is 6.54 Å². The molecule has 0 aliphatic carbocycles. The van der Waals surface area contributed by atoms with E-state index >= 15 is 0 Å². The van der Waals surface area contributed by atoms with E-state index in [-0.39, 0.29) is 11.8 Å². The molecule has 0 saturated heterocycles. The molecule has 0 spiro atoms. The Morgan fingerprint density at radius 2 is 1.79 bits per heavy atom. The standard InChI is InChI=1S/C19H23N3O2/c1-14-7-9-15(10-8-14)12-22(3)13-18(23)21-17-6-4-5-16(11-17)19(24)20-2/h4-11H,12-13H2,1-3H3,(H,20,24)(H,21,23)/p+1. The summed E-state index contributed by atoms with van der Waals surface area (Å²) in [5, 5.41) is 5.42. The fourth-order valence-corrected chi connectivity index (χ4v) is 2.48. The third-order valence-corrected chi connectivity index (χ3v) is 3.72. The molecule has 2 aromatic rings. The van der Waals surface area contributed by atoms with Crippen LogP contribution in [-0.4, -0.2) is 32.5 Å². The van der Waals surface area contributed by atoms with Gasteiger partial charge in [0.05, 0.1) is 7.05 Å². The fourth-order valence-electron chi connectivity index (χ4n) is 2.48. The van der Waals surface area contributed by atoms with Crippen molar-refractivity contribution in [3.63, 3.8) is 0 Å². The van der Waals surface area contributed by atoms with Crippen LogP contribution >= 0.6 is 0 Å². The van der Waals surface area contributed by atoms with Crippen molar-refractivity contribution in [2.24, 2.45) is 0 Å². The van der Waals surface area contributed by atoms with E-state index in [2.05, 4.69) is 41.8 Å². The van der Waals surface area contributed by atoms with Crippen LogP contribution in [0.1, 0.15) is 21.5 Å². The Morgan fingerprint density at radius 1 is 1.08 bits per heavy atom. The van der Waals surface area contributed by atoms with Crippen LogP contribution in [0, 0.1) is 6.92 Å². The summed E-state index contributed by atoms with van der Waals surface area (Å²) < 4.78 is 0. The fraction of sp³-hybridized carbons (Fsp3) is 0.263. The number of hydrogen-bond acceptors (Lipinski definition) is 2. The van der Waals surface area contributed by atoms with Gasteiger partial charge in [-0.2, -0.15) is 0 Å². The largest absolute Gasteiger partial charge is 0.355 e. The number of anilines is 1. The van der Waals surface area contributed by atoms with Gasteiger partial charge in [-0.3, -0.25) is 9.59 Å². The van der Waals surface area contributed by atoms with Gasteiger partial charge in [-0.15, -0.1) is 0 Å². The molecule has 1 unspecified atom stereocenters. The molecule has 0 aliphatic rings. The number of nitrogens with one attached hydrogen (secondary N) is 3. The SMILES string of the molecule is CNC(=O)c1cccc(NC(=O)C[NH+](C)Cc2ccc(C)cc2)c1. The first-order valence-electron chi connectivity index (χ1n) is 7.97. The number of hydrogen-bond donors (Lipinski definition) is 3. The molecule has 5 nitrogen and oxygen atoms in total. The molecule has 0 saturated carbocycles. The lowest BCUT2D eigenvalue weighted by Gasteiger charge is -2.14. The number of quaternary nitrogens is 1. The maximum Gasteiger partial charge on any atom is 0.279 e. The number of aryl methyl sites for hydroxylation is 1. The number of carbonyl (C=O) groups is 2. The summed E-state index contributed by atoms with van der Waals surface area (Å²) in [4.78, 5) is 24.9. The first kappa shape index (κ1) is 17.7. The van der Waals surface area contributed by atoms with E-state index < -0.39 is 0 Å². The highest BCUT2D eigenvalue weighted by Crippen LogP contribution is 2.10. The van der Waals surface area contributed by atoms with Gasteiger partial charge < -0.3 is 15.5 Å². The molecule has 1 atom stereocenters. The van der Waals surface area contributed by atoms with E-state index in [1.807, 2.05) is 7.05 Å². The summed E-state index contributed by atoms with van der Waals surface area (Å²) in [7, 11) is 3.57. The van der Waals surface area contributed by atoms with Gasteiger partial charge in [-0.05, 0) is 25.1 Å². The topological polar surface area (TPSA) is 62.6 Å². The summed E-state index contributed by atoms with van der Waals surface area (Å²) in [6, 6.07) is 15.2. The van der Waals surface area contributed by atoms with Crippen molar-refractivity contribution < 1.29 is 14.5 Å².